The molecule has 8 heteroatoms. The summed E-state index contributed by atoms with van der Waals surface area (Å²) in [5, 5.41) is 4.34. The summed E-state index contributed by atoms with van der Waals surface area (Å²) >= 11 is 0. The molecule has 5 rings (SSSR count). The number of benzene rings is 3. The Hall–Kier alpha value is -4.33. The molecule has 0 spiro atoms. The summed E-state index contributed by atoms with van der Waals surface area (Å²) < 4.78 is 16.4. The summed E-state index contributed by atoms with van der Waals surface area (Å²) in [4.78, 5) is 17.0. The van der Waals surface area contributed by atoms with Gasteiger partial charge in [-0.05, 0) is 42.5 Å². The molecule has 0 radical (unpaired) electrons. The lowest BCUT2D eigenvalue weighted by Crippen LogP contribution is -2.01. The Labute approximate surface area is 184 Å². The van der Waals surface area contributed by atoms with Gasteiger partial charge in [-0.15, -0.1) is 0 Å². The van der Waals surface area contributed by atoms with Crippen LogP contribution in [0.3, 0.4) is 0 Å². The van der Waals surface area contributed by atoms with Crippen LogP contribution in [0.5, 0.6) is 17.2 Å². The predicted molar refractivity (Wildman–Crippen MR) is 124 cm³/mol. The lowest BCUT2D eigenvalue weighted by Gasteiger charge is -2.15. The fourth-order valence-corrected chi connectivity index (χ4v) is 3.66. The number of hydrogen-bond donors (Lipinski definition) is 2. The number of rotatable bonds is 6. The van der Waals surface area contributed by atoms with Gasteiger partial charge in [-0.2, -0.15) is 0 Å². The average molecular weight is 427 g/mol. The predicted octanol–water partition coefficient (Wildman–Crippen LogP) is 4.94. The van der Waals surface area contributed by atoms with Crippen LogP contribution >= 0.6 is 0 Å². The largest absolute Gasteiger partial charge is 0.493 e. The quantitative estimate of drug-likeness (QED) is 0.396. The van der Waals surface area contributed by atoms with Crippen molar-refractivity contribution in [3.8, 4) is 28.6 Å². The molecule has 2 aromatic heterocycles. The fourth-order valence-electron chi connectivity index (χ4n) is 3.66. The van der Waals surface area contributed by atoms with Gasteiger partial charge in [0.05, 0.1) is 44.2 Å². The number of methoxy groups -OCH3 is 3. The molecule has 0 saturated heterocycles. The van der Waals surface area contributed by atoms with Gasteiger partial charge in [0.1, 0.15) is 5.82 Å². The zero-order valence-corrected chi connectivity index (χ0v) is 17.8. The highest BCUT2D eigenvalue weighted by molar-refractivity contribution is 5.93. The Morgan fingerprint density at radius 1 is 0.812 bits per heavy atom. The van der Waals surface area contributed by atoms with Gasteiger partial charge in [0.15, 0.2) is 17.3 Å². The van der Waals surface area contributed by atoms with Crippen molar-refractivity contribution in [1.29, 1.82) is 0 Å². The number of aromatic nitrogens is 4. The highest BCUT2D eigenvalue weighted by atomic mass is 16.5. The second kappa shape index (κ2) is 8.07. The Morgan fingerprint density at radius 3 is 2.34 bits per heavy atom. The summed E-state index contributed by atoms with van der Waals surface area (Å²) in [7, 11) is 4.74. The first-order valence-corrected chi connectivity index (χ1v) is 9.97. The molecular weight excluding hydrogens is 406 g/mol. The van der Waals surface area contributed by atoms with E-state index in [4.69, 9.17) is 24.2 Å². The molecular formula is C24H21N5O3. The van der Waals surface area contributed by atoms with Crippen LogP contribution in [0.1, 0.15) is 0 Å². The number of fused-ring (bicyclic) bond motifs is 2. The van der Waals surface area contributed by atoms with Gasteiger partial charge in [-0.3, -0.25) is 0 Å². The molecule has 0 bridgehead atoms. The van der Waals surface area contributed by atoms with E-state index in [9.17, 15) is 0 Å². The molecule has 5 aromatic rings. The summed E-state index contributed by atoms with van der Waals surface area (Å²) in [5.41, 5.74) is 4.30. The van der Waals surface area contributed by atoms with E-state index in [1.54, 1.807) is 27.7 Å². The minimum absolute atomic E-state index is 0.519. The van der Waals surface area contributed by atoms with Gasteiger partial charge in [-0.25, -0.2) is 15.0 Å². The van der Waals surface area contributed by atoms with Crippen molar-refractivity contribution in [2.75, 3.05) is 26.6 Å². The maximum absolute atomic E-state index is 5.50. The number of ether oxygens (including phenoxy) is 3. The maximum atomic E-state index is 5.50. The topological polar surface area (TPSA) is 94.2 Å². The Kier molecular flexibility index (Phi) is 4.95. The van der Waals surface area contributed by atoms with Crippen LogP contribution in [0.15, 0.2) is 60.9 Å². The molecule has 0 atom stereocenters. The van der Waals surface area contributed by atoms with E-state index in [2.05, 4.69) is 15.3 Å². The highest BCUT2D eigenvalue weighted by Gasteiger charge is 2.17. The first-order valence-electron chi connectivity index (χ1n) is 9.97. The molecule has 0 unspecified atom stereocenters. The number of H-pyrrole nitrogens is 1. The van der Waals surface area contributed by atoms with Crippen LogP contribution in [-0.4, -0.2) is 41.3 Å². The Bertz CT molecular complexity index is 1410. The van der Waals surface area contributed by atoms with Gasteiger partial charge < -0.3 is 24.5 Å². The van der Waals surface area contributed by atoms with Crippen LogP contribution < -0.4 is 19.5 Å². The standard InChI is InChI=1S/C24H21N5O3/c1-30-20-10-14(11-21(31-2)22(20)32-3)23-28-17-7-5-4-6-16(17)24(29-23)27-15-8-9-18-19(12-15)26-13-25-18/h4-13H,1-3H3,(H,25,26)(H,27,28,29). The van der Waals surface area contributed by atoms with Crippen LogP contribution in [-0.2, 0) is 0 Å². The van der Waals surface area contributed by atoms with Crippen molar-refractivity contribution in [3.63, 3.8) is 0 Å². The SMILES string of the molecule is COc1cc(-c2nc(Nc3ccc4nc[nH]c4c3)c3ccccc3n2)cc(OC)c1OC. The highest BCUT2D eigenvalue weighted by Crippen LogP contribution is 2.41. The number of hydrogen-bond acceptors (Lipinski definition) is 7. The molecule has 32 heavy (non-hydrogen) atoms. The van der Waals surface area contributed by atoms with Crippen LogP contribution in [0, 0.1) is 0 Å². The van der Waals surface area contributed by atoms with Crippen molar-refractivity contribution in [2.45, 2.75) is 0 Å². The van der Waals surface area contributed by atoms with Gasteiger partial charge in [0.25, 0.3) is 0 Å². The molecule has 0 fully saturated rings. The number of anilines is 2. The van der Waals surface area contributed by atoms with E-state index < -0.39 is 0 Å². The zero-order valence-electron chi connectivity index (χ0n) is 17.8. The van der Waals surface area contributed by atoms with E-state index in [1.165, 1.54) is 0 Å². The normalized spacial score (nSPS) is 11.0. The van der Waals surface area contributed by atoms with Crippen LogP contribution in [0.4, 0.5) is 11.5 Å². The molecule has 0 aliphatic rings. The average Bonchev–Trinajstić information content (AvgIpc) is 3.31. The number of nitrogens with one attached hydrogen (secondary N) is 2. The molecule has 2 N–H and O–H groups in total. The molecule has 0 aliphatic carbocycles. The van der Waals surface area contributed by atoms with Gasteiger partial charge in [0.2, 0.25) is 5.75 Å². The summed E-state index contributed by atoms with van der Waals surface area (Å²) in [6.07, 6.45) is 1.68. The van der Waals surface area contributed by atoms with E-state index in [-0.39, 0.29) is 0 Å². The second-order valence-electron chi connectivity index (χ2n) is 7.09. The summed E-state index contributed by atoms with van der Waals surface area (Å²) in [6, 6.07) is 17.5. The molecule has 3 aromatic carbocycles. The van der Waals surface area contributed by atoms with Crippen LogP contribution in [0.2, 0.25) is 0 Å². The fraction of sp³-hybridized carbons (Fsp3) is 0.125. The third-order valence-corrected chi connectivity index (χ3v) is 5.21. The van der Waals surface area contributed by atoms with E-state index >= 15 is 0 Å². The molecule has 0 amide bonds. The van der Waals surface area contributed by atoms with E-state index in [0.29, 0.717) is 28.9 Å². The lowest BCUT2D eigenvalue weighted by molar-refractivity contribution is 0.324. The van der Waals surface area contributed by atoms with Crippen molar-refractivity contribution in [2.24, 2.45) is 0 Å². The van der Waals surface area contributed by atoms with Crippen molar-refractivity contribution < 1.29 is 14.2 Å². The Balaban J connectivity index is 1.65. The van der Waals surface area contributed by atoms with Crippen molar-refractivity contribution in [1.82, 2.24) is 19.9 Å². The van der Waals surface area contributed by atoms with E-state index in [1.807, 2.05) is 54.6 Å². The van der Waals surface area contributed by atoms with Crippen molar-refractivity contribution in [3.05, 3.63) is 60.9 Å². The van der Waals surface area contributed by atoms with Gasteiger partial charge in [0, 0.05) is 16.6 Å². The Morgan fingerprint density at radius 2 is 1.59 bits per heavy atom. The second-order valence-corrected chi connectivity index (χ2v) is 7.09. The van der Waals surface area contributed by atoms with Crippen molar-refractivity contribution >= 4 is 33.4 Å². The molecule has 8 nitrogen and oxygen atoms in total. The summed E-state index contributed by atoms with van der Waals surface area (Å²) in [5.74, 6) is 2.83. The number of nitrogens with zero attached hydrogens (tertiary/aromatic N) is 3. The molecule has 0 saturated carbocycles. The summed E-state index contributed by atoms with van der Waals surface area (Å²) in [6.45, 7) is 0. The number of imidazole rings is 1. The van der Waals surface area contributed by atoms with Gasteiger partial charge in [-0.1, -0.05) is 12.1 Å². The number of aromatic amines is 1. The third kappa shape index (κ3) is 3.41. The smallest absolute Gasteiger partial charge is 0.203 e. The van der Waals surface area contributed by atoms with Gasteiger partial charge >= 0.3 is 0 Å². The van der Waals surface area contributed by atoms with Crippen LogP contribution in [0.25, 0.3) is 33.3 Å². The minimum Gasteiger partial charge on any atom is -0.493 e. The maximum Gasteiger partial charge on any atom is 0.203 e. The minimum atomic E-state index is 0.519. The molecule has 160 valence electrons. The number of para-hydroxylation sites is 1. The lowest BCUT2D eigenvalue weighted by atomic mass is 10.1. The third-order valence-electron chi connectivity index (χ3n) is 5.21. The molecule has 0 aliphatic heterocycles. The first kappa shape index (κ1) is 19.6. The zero-order chi connectivity index (χ0) is 22.1. The molecule has 2 heterocycles. The monoisotopic (exact) mass is 427 g/mol. The van der Waals surface area contributed by atoms with E-state index in [0.717, 1.165) is 33.2 Å². The first-order chi connectivity index (χ1) is 15.7.